The van der Waals surface area contributed by atoms with Crippen LogP contribution < -0.4 is 4.74 Å². The molecule has 18 heavy (non-hydrogen) atoms. The molecule has 94 valence electrons. The summed E-state index contributed by atoms with van der Waals surface area (Å²) in [7, 11) is 0. The average molecular weight is 267 g/mol. The van der Waals surface area contributed by atoms with Crippen LogP contribution in [0.2, 0.25) is 5.02 Å². The molecule has 0 spiro atoms. The molecular weight excluding hydrogens is 256 g/mol. The first kappa shape index (κ1) is 11.4. The number of carboxylic acids is 1. The first-order chi connectivity index (χ1) is 8.65. The first-order valence-electron chi connectivity index (χ1n) is 5.73. The SMILES string of the molecule is O=C(O)c1oc2ccc(Cl)cc2c1OCC1CC1. The minimum Gasteiger partial charge on any atom is -0.488 e. The normalized spacial score (nSPS) is 14.9. The van der Waals surface area contributed by atoms with Crippen molar-refractivity contribution in [2.24, 2.45) is 5.92 Å². The molecule has 1 N–H and O–H groups in total. The summed E-state index contributed by atoms with van der Waals surface area (Å²) in [6.45, 7) is 0.529. The number of rotatable bonds is 4. The van der Waals surface area contributed by atoms with E-state index in [4.69, 9.17) is 25.9 Å². The number of furan rings is 1. The van der Waals surface area contributed by atoms with E-state index in [1.54, 1.807) is 18.2 Å². The summed E-state index contributed by atoms with van der Waals surface area (Å²) < 4.78 is 10.9. The van der Waals surface area contributed by atoms with Crippen molar-refractivity contribution in [2.75, 3.05) is 6.61 Å². The summed E-state index contributed by atoms with van der Waals surface area (Å²) in [5, 5.41) is 10.2. The van der Waals surface area contributed by atoms with Crippen LogP contribution in [-0.4, -0.2) is 17.7 Å². The lowest BCUT2D eigenvalue weighted by molar-refractivity contribution is 0.0658. The quantitative estimate of drug-likeness (QED) is 0.919. The van der Waals surface area contributed by atoms with Gasteiger partial charge in [-0.05, 0) is 37.0 Å². The monoisotopic (exact) mass is 266 g/mol. The van der Waals surface area contributed by atoms with Crippen LogP contribution in [-0.2, 0) is 0 Å². The fourth-order valence-electron chi connectivity index (χ4n) is 1.82. The van der Waals surface area contributed by atoms with Crippen LogP contribution in [0.1, 0.15) is 23.4 Å². The van der Waals surface area contributed by atoms with Gasteiger partial charge in [-0.2, -0.15) is 0 Å². The number of halogens is 1. The van der Waals surface area contributed by atoms with Gasteiger partial charge >= 0.3 is 5.97 Å². The number of carbonyl (C=O) groups is 1. The molecule has 1 aliphatic rings. The van der Waals surface area contributed by atoms with Crippen molar-refractivity contribution in [1.82, 2.24) is 0 Å². The summed E-state index contributed by atoms with van der Waals surface area (Å²) in [5.41, 5.74) is 0.475. The molecule has 0 aliphatic heterocycles. The van der Waals surface area contributed by atoms with Crippen molar-refractivity contribution in [3.05, 3.63) is 29.0 Å². The van der Waals surface area contributed by atoms with Gasteiger partial charge in [-0.1, -0.05) is 11.6 Å². The highest BCUT2D eigenvalue weighted by Crippen LogP contribution is 2.37. The largest absolute Gasteiger partial charge is 0.488 e. The molecule has 1 fully saturated rings. The molecule has 0 radical (unpaired) electrons. The van der Waals surface area contributed by atoms with Gasteiger partial charge in [0.05, 0.1) is 12.0 Å². The van der Waals surface area contributed by atoms with E-state index in [0.29, 0.717) is 28.5 Å². The number of aromatic carboxylic acids is 1. The second kappa shape index (κ2) is 4.21. The Kier molecular flexibility index (Phi) is 2.67. The lowest BCUT2D eigenvalue weighted by Gasteiger charge is -2.03. The number of hydrogen-bond donors (Lipinski definition) is 1. The highest BCUT2D eigenvalue weighted by atomic mass is 35.5. The minimum atomic E-state index is -1.13. The van der Waals surface area contributed by atoms with E-state index < -0.39 is 5.97 Å². The Morgan fingerprint density at radius 2 is 2.28 bits per heavy atom. The van der Waals surface area contributed by atoms with Gasteiger partial charge < -0.3 is 14.3 Å². The molecular formula is C13H11ClO4. The second-order valence-corrected chi connectivity index (χ2v) is 4.90. The van der Waals surface area contributed by atoms with E-state index in [1.807, 2.05) is 0 Å². The Labute approximate surface area is 108 Å². The van der Waals surface area contributed by atoms with E-state index in [2.05, 4.69) is 0 Å². The summed E-state index contributed by atoms with van der Waals surface area (Å²) >= 11 is 5.91. The van der Waals surface area contributed by atoms with Gasteiger partial charge in [-0.15, -0.1) is 0 Å². The van der Waals surface area contributed by atoms with E-state index in [1.165, 1.54) is 0 Å². The maximum atomic E-state index is 11.1. The first-order valence-corrected chi connectivity index (χ1v) is 6.11. The Morgan fingerprint density at radius 1 is 1.50 bits per heavy atom. The Hall–Kier alpha value is -1.68. The van der Waals surface area contributed by atoms with Crippen molar-refractivity contribution in [3.8, 4) is 5.75 Å². The third-order valence-electron chi connectivity index (χ3n) is 2.96. The second-order valence-electron chi connectivity index (χ2n) is 4.46. The van der Waals surface area contributed by atoms with Crippen LogP contribution in [0, 0.1) is 5.92 Å². The number of ether oxygens (including phenoxy) is 1. The van der Waals surface area contributed by atoms with E-state index in [-0.39, 0.29) is 11.5 Å². The summed E-state index contributed by atoms with van der Waals surface area (Å²) in [4.78, 5) is 11.1. The van der Waals surface area contributed by atoms with Gasteiger partial charge in [-0.3, -0.25) is 0 Å². The zero-order valence-electron chi connectivity index (χ0n) is 9.48. The molecule has 0 bridgehead atoms. The maximum Gasteiger partial charge on any atom is 0.375 e. The van der Waals surface area contributed by atoms with Crippen LogP contribution in [0.5, 0.6) is 5.75 Å². The van der Waals surface area contributed by atoms with Crippen LogP contribution in [0.3, 0.4) is 0 Å². The average Bonchev–Trinajstić information content (AvgIpc) is 3.08. The molecule has 0 saturated heterocycles. The van der Waals surface area contributed by atoms with Crippen molar-refractivity contribution in [1.29, 1.82) is 0 Å². The molecule has 1 saturated carbocycles. The van der Waals surface area contributed by atoms with Crippen molar-refractivity contribution >= 4 is 28.5 Å². The van der Waals surface area contributed by atoms with Gasteiger partial charge in [0.2, 0.25) is 0 Å². The zero-order chi connectivity index (χ0) is 12.7. The molecule has 1 aliphatic carbocycles. The van der Waals surface area contributed by atoms with Crippen LogP contribution >= 0.6 is 11.6 Å². The van der Waals surface area contributed by atoms with Crippen LogP contribution in [0.15, 0.2) is 22.6 Å². The molecule has 3 rings (SSSR count). The molecule has 4 nitrogen and oxygen atoms in total. The number of hydrogen-bond acceptors (Lipinski definition) is 3. The highest BCUT2D eigenvalue weighted by Gasteiger charge is 2.26. The van der Waals surface area contributed by atoms with Gasteiger partial charge in [0.25, 0.3) is 5.76 Å². The topological polar surface area (TPSA) is 59.7 Å². The Balaban J connectivity index is 2.06. The maximum absolute atomic E-state index is 11.1. The van der Waals surface area contributed by atoms with E-state index in [0.717, 1.165) is 12.8 Å². The molecule has 1 heterocycles. The van der Waals surface area contributed by atoms with Gasteiger partial charge in [0.1, 0.15) is 5.58 Å². The molecule has 1 aromatic heterocycles. The lowest BCUT2D eigenvalue weighted by Crippen LogP contribution is -2.03. The van der Waals surface area contributed by atoms with Crippen molar-refractivity contribution in [3.63, 3.8) is 0 Å². The standard InChI is InChI=1S/C13H11ClO4/c14-8-3-4-10-9(5-8)11(12(18-10)13(15)16)17-6-7-1-2-7/h3-5,7H,1-2,6H2,(H,15,16). The number of benzene rings is 1. The van der Waals surface area contributed by atoms with Crippen molar-refractivity contribution in [2.45, 2.75) is 12.8 Å². The Bertz CT molecular complexity index is 613. The van der Waals surface area contributed by atoms with Gasteiger partial charge in [0.15, 0.2) is 5.75 Å². The van der Waals surface area contributed by atoms with E-state index >= 15 is 0 Å². The third kappa shape index (κ3) is 2.04. The highest BCUT2D eigenvalue weighted by molar-refractivity contribution is 6.31. The number of fused-ring (bicyclic) bond motifs is 1. The fourth-order valence-corrected chi connectivity index (χ4v) is 1.99. The van der Waals surface area contributed by atoms with E-state index in [9.17, 15) is 4.79 Å². The fraction of sp³-hybridized carbons (Fsp3) is 0.308. The summed E-state index contributed by atoms with van der Waals surface area (Å²) in [6, 6.07) is 4.97. The molecule has 0 unspecified atom stereocenters. The summed E-state index contributed by atoms with van der Waals surface area (Å²) in [5.74, 6) is -0.469. The lowest BCUT2D eigenvalue weighted by atomic mass is 10.2. The van der Waals surface area contributed by atoms with Crippen molar-refractivity contribution < 1.29 is 19.1 Å². The molecule has 5 heteroatoms. The number of carboxylic acid groups (broad SMARTS) is 1. The molecule has 1 aromatic carbocycles. The minimum absolute atomic E-state index is 0.159. The zero-order valence-corrected chi connectivity index (χ0v) is 10.2. The third-order valence-corrected chi connectivity index (χ3v) is 3.19. The predicted molar refractivity (Wildman–Crippen MR) is 66.4 cm³/mol. The van der Waals surface area contributed by atoms with Crippen LogP contribution in [0.4, 0.5) is 0 Å². The van der Waals surface area contributed by atoms with Gasteiger partial charge in [0, 0.05) is 5.02 Å². The predicted octanol–water partition coefficient (Wildman–Crippen LogP) is 3.57. The molecule has 0 amide bonds. The molecule has 2 aromatic rings. The van der Waals surface area contributed by atoms with Gasteiger partial charge in [-0.25, -0.2) is 4.79 Å². The summed E-state index contributed by atoms with van der Waals surface area (Å²) in [6.07, 6.45) is 2.28. The molecule has 0 atom stereocenters. The Morgan fingerprint density at radius 3 is 2.94 bits per heavy atom. The van der Waals surface area contributed by atoms with Crippen LogP contribution in [0.25, 0.3) is 11.0 Å². The smallest absolute Gasteiger partial charge is 0.375 e.